The lowest BCUT2D eigenvalue weighted by molar-refractivity contribution is -0.130. The first-order chi connectivity index (χ1) is 11.8. The molecule has 1 atom stereocenters. The first-order valence-corrected chi connectivity index (χ1v) is 9.15. The molecule has 0 spiro atoms. The second-order valence-electron chi connectivity index (χ2n) is 6.98. The van der Waals surface area contributed by atoms with Gasteiger partial charge in [0.05, 0.1) is 5.69 Å². The van der Waals surface area contributed by atoms with E-state index in [-0.39, 0.29) is 24.5 Å². The highest BCUT2D eigenvalue weighted by atomic mass is 16.2. The second kappa shape index (κ2) is 8.36. The van der Waals surface area contributed by atoms with E-state index in [0.29, 0.717) is 6.54 Å². The largest absolute Gasteiger partial charge is 0.341 e. The van der Waals surface area contributed by atoms with Crippen molar-refractivity contribution in [3.63, 3.8) is 0 Å². The molecule has 25 heavy (non-hydrogen) atoms. The molecule has 1 aliphatic rings. The zero-order chi connectivity index (χ0) is 18.6. The average molecular weight is 349 g/mol. The number of hydrogen-bond donors (Lipinski definition) is 1. The summed E-state index contributed by atoms with van der Waals surface area (Å²) in [6, 6.07) is -0.169. The number of carbonyl (C=O) groups is 2. The normalized spacial score (nSPS) is 16.8. The van der Waals surface area contributed by atoms with E-state index in [9.17, 15) is 9.59 Å². The van der Waals surface area contributed by atoms with E-state index in [2.05, 4.69) is 17.3 Å². The highest BCUT2D eigenvalue weighted by Crippen LogP contribution is 2.14. The smallest absolute Gasteiger partial charge is 0.318 e. The zero-order valence-electron chi connectivity index (χ0n) is 16.1. The maximum absolute atomic E-state index is 12.6. The quantitative estimate of drug-likeness (QED) is 0.878. The van der Waals surface area contributed by atoms with Crippen LogP contribution < -0.4 is 5.32 Å². The van der Waals surface area contributed by atoms with Crippen LogP contribution in [0.1, 0.15) is 43.6 Å². The Morgan fingerprint density at radius 2 is 2.04 bits per heavy atom. The number of rotatable bonds is 5. The van der Waals surface area contributed by atoms with E-state index >= 15 is 0 Å². The van der Waals surface area contributed by atoms with Gasteiger partial charge >= 0.3 is 6.03 Å². The lowest BCUT2D eigenvalue weighted by atomic mass is 10.1. The predicted octanol–water partition coefficient (Wildman–Crippen LogP) is 1.62. The van der Waals surface area contributed by atoms with Gasteiger partial charge in [0.15, 0.2) is 0 Å². The average Bonchev–Trinajstić information content (AvgIpc) is 2.71. The third-order valence-corrected chi connectivity index (χ3v) is 4.85. The van der Waals surface area contributed by atoms with Gasteiger partial charge in [-0.1, -0.05) is 6.92 Å². The van der Waals surface area contributed by atoms with Gasteiger partial charge in [-0.3, -0.25) is 9.48 Å². The molecule has 1 N–H and O–H groups in total. The van der Waals surface area contributed by atoms with Crippen molar-refractivity contribution in [1.82, 2.24) is 24.9 Å². The van der Waals surface area contributed by atoms with Crippen LogP contribution in [0.5, 0.6) is 0 Å². The maximum Gasteiger partial charge on any atom is 0.318 e. The van der Waals surface area contributed by atoms with Crippen molar-refractivity contribution in [2.75, 3.05) is 26.2 Å². The summed E-state index contributed by atoms with van der Waals surface area (Å²) in [6.45, 7) is 10.4. The van der Waals surface area contributed by atoms with E-state index in [0.717, 1.165) is 43.7 Å². The number of carbonyl (C=O) groups excluding carboxylic acids is 2. The first kappa shape index (κ1) is 19.3. The number of hydrogen-bond acceptors (Lipinski definition) is 3. The van der Waals surface area contributed by atoms with Crippen LogP contribution in [0.3, 0.4) is 0 Å². The molecular formula is C18H31N5O2. The summed E-state index contributed by atoms with van der Waals surface area (Å²) in [5.41, 5.74) is 3.30. The molecule has 0 aromatic carbocycles. The van der Waals surface area contributed by atoms with Crippen molar-refractivity contribution < 1.29 is 9.59 Å². The molecule has 0 unspecified atom stereocenters. The van der Waals surface area contributed by atoms with Crippen molar-refractivity contribution in [2.45, 2.75) is 53.0 Å². The van der Waals surface area contributed by atoms with Crippen molar-refractivity contribution in [1.29, 1.82) is 0 Å². The minimum atomic E-state index is -0.154. The Morgan fingerprint density at radius 3 is 2.64 bits per heavy atom. The van der Waals surface area contributed by atoms with Gasteiger partial charge in [-0.15, -0.1) is 0 Å². The molecule has 7 heteroatoms. The van der Waals surface area contributed by atoms with Gasteiger partial charge < -0.3 is 15.1 Å². The maximum atomic E-state index is 12.6. The van der Waals surface area contributed by atoms with Gasteiger partial charge in [-0.25, -0.2) is 4.79 Å². The Bertz CT molecular complexity index is 625. The Hall–Kier alpha value is -2.05. The molecule has 1 fully saturated rings. The summed E-state index contributed by atoms with van der Waals surface area (Å²) in [5.74, 6) is 0.0427. The fraction of sp³-hybridized carbons (Fsp3) is 0.722. The highest BCUT2D eigenvalue weighted by molar-refractivity contribution is 5.84. The molecule has 0 radical (unpaired) electrons. The Kier molecular flexibility index (Phi) is 6.45. The van der Waals surface area contributed by atoms with Gasteiger partial charge in [0.1, 0.15) is 6.54 Å². The molecule has 0 aliphatic carbocycles. The monoisotopic (exact) mass is 349 g/mol. The van der Waals surface area contributed by atoms with E-state index in [1.54, 1.807) is 4.90 Å². The van der Waals surface area contributed by atoms with Crippen molar-refractivity contribution in [3.05, 3.63) is 17.0 Å². The van der Waals surface area contributed by atoms with Crippen molar-refractivity contribution in [3.8, 4) is 0 Å². The number of aryl methyl sites for hydroxylation is 2. The predicted molar refractivity (Wildman–Crippen MR) is 97.4 cm³/mol. The first-order valence-electron chi connectivity index (χ1n) is 9.15. The van der Waals surface area contributed by atoms with Gasteiger partial charge in [0.25, 0.3) is 0 Å². The summed E-state index contributed by atoms with van der Waals surface area (Å²) in [5, 5.41) is 7.46. The third-order valence-electron chi connectivity index (χ3n) is 4.85. The van der Waals surface area contributed by atoms with E-state index in [1.807, 2.05) is 37.4 Å². The highest BCUT2D eigenvalue weighted by Gasteiger charge is 2.25. The Balaban J connectivity index is 1.93. The van der Waals surface area contributed by atoms with Crippen molar-refractivity contribution in [2.24, 2.45) is 7.05 Å². The van der Waals surface area contributed by atoms with Crippen molar-refractivity contribution >= 4 is 11.9 Å². The van der Waals surface area contributed by atoms with E-state index in [1.165, 1.54) is 5.56 Å². The minimum Gasteiger partial charge on any atom is -0.341 e. The van der Waals surface area contributed by atoms with Crippen LogP contribution in [0.2, 0.25) is 0 Å². The molecule has 1 aromatic rings. The molecule has 2 heterocycles. The van der Waals surface area contributed by atoms with Crippen LogP contribution >= 0.6 is 0 Å². The van der Waals surface area contributed by atoms with Gasteiger partial charge in [-0.05, 0) is 45.6 Å². The van der Waals surface area contributed by atoms with Crippen LogP contribution in [0, 0.1) is 13.8 Å². The Morgan fingerprint density at radius 1 is 1.32 bits per heavy atom. The fourth-order valence-electron chi connectivity index (χ4n) is 3.37. The van der Waals surface area contributed by atoms with Crippen LogP contribution in [-0.4, -0.2) is 63.7 Å². The fourth-order valence-corrected chi connectivity index (χ4v) is 3.37. The van der Waals surface area contributed by atoms with Gasteiger partial charge in [0.2, 0.25) is 5.91 Å². The molecule has 0 saturated carbocycles. The van der Waals surface area contributed by atoms with Crippen LogP contribution in [0.15, 0.2) is 0 Å². The molecule has 2 rings (SSSR count). The standard InChI is InChI=1S/C18H31N5O2/c1-6-8-22-9-7-10-23(12-17(22)24)18(25)19-13(2)11-16-14(3)20-21(5)15(16)4/h13H,6-12H2,1-5H3,(H,19,25)/t13-/m1/s1. The lowest BCUT2D eigenvalue weighted by Gasteiger charge is -2.24. The van der Waals surface area contributed by atoms with Crippen LogP contribution in [-0.2, 0) is 18.3 Å². The molecule has 140 valence electrons. The topological polar surface area (TPSA) is 70.5 Å². The van der Waals surface area contributed by atoms with Crippen LogP contribution in [0.4, 0.5) is 4.79 Å². The minimum absolute atomic E-state index is 0.0146. The SMILES string of the molecule is CCCN1CCCN(C(=O)N[C@H](C)Cc2c(C)nn(C)c2C)CC1=O. The van der Waals surface area contributed by atoms with Gasteiger partial charge in [-0.2, -0.15) is 5.10 Å². The summed E-state index contributed by atoms with van der Waals surface area (Å²) in [6.07, 6.45) is 2.51. The summed E-state index contributed by atoms with van der Waals surface area (Å²) >= 11 is 0. The number of amides is 3. The molecule has 3 amide bonds. The molecule has 1 saturated heterocycles. The second-order valence-corrected chi connectivity index (χ2v) is 6.98. The third kappa shape index (κ3) is 4.74. The molecule has 0 bridgehead atoms. The van der Waals surface area contributed by atoms with Crippen LogP contribution in [0.25, 0.3) is 0 Å². The Labute approximate surface area is 150 Å². The zero-order valence-corrected chi connectivity index (χ0v) is 16.1. The number of nitrogens with zero attached hydrogens (tertiary/aromatic N) is 4. The summed E-state index contributed by atoms with van der Waals surface area (Å²) in [7, 11) is 1.93. The van der Waals surface area contributed by atoms with Gasteiger partial charge in [0, 0.05) is 38.4 Å². The van der Waals surface area contributed by atoms with E-state index < -0.39 is 0 Å². The lowest BCUT2D eigenvalue weighted by Crippen LogP contribution is -2.47. The summed E-state index contributed by atoms with van der Waals surface area (Å²) < 4.78 is 1.87. The number of nitrogens with one attached hydrogen (secondary N) is 1. The summed E-state index contributed by atoms with van der Waals surface area (Å²) in [4.78, 5) is 28.3. The number of urea groups is 1. The molecule has 7 nitrogen and oxygen atoms in total. The molecule has 1 aromatic heterocycles. The number of aromatic nitrogens is 2. The molecular weight excluding hydrogens is 318 g/mol. The van der Waals surface area contributed by atoms with E-state index in [4.69, 9.17) is 0 Å². The molecule has 1 aliphatic heterocycles.